The Balaban J connectivity index is 1.90. The molecule has 0 bridgehead atoms. The number of allylic oxidation sites excluding steroid dienone is 1. The maximum absolute atomic E-state index is 4.57. The zero-order chi connectivity index (χ0) is 12.8. The van der Waals surface area contributed by atoms with Crippen LogP contribution in [-0.4, -0.2) is 22.1 Å². The van der Waals surface area contributed by atoms with Crippen LogP contribution in [0.15, 0.2) is 24.5 Å². The van der Waals surface area contributed by atoms with E-state index in [2.05, 4.69) is 46.2 Å². The molecule has 2 aromatic heterocycles. The van der Waals surface area contributed by atoms with Crippen LogP contribution in [-0.2, 0) is 6.42 Å². The summed E-state index contributed by atoms with van der Waals surface area (Å²) in [4.78, 5) is 4.57. The number of hydrogen-bond donors (Lipinski definition) is 1. The third-order valence-corrected chi connectivity index (χ3v) is 4.54. The fourth-order valence-electron chi connectivity index (χ4n) is 3.53. The molecule has 0 unspecified atom stereocenters. The van der Waals surface area contributed by atoms with Crippen molar-refractivity contribution in [1.29, 1.82) is 0 Å². The van der Waals surface area contributed by atoms with Gasteiger partial charge in [-0.3, -0.25) is 4.98 Å². The molecule has 3 heterocycles. The van der Waals surface area contributed by atoms with E-state index in [1.54, 1.807) is 0 Å². The molecule has 1 aliphatic heterocycles. The summed E-state index contributed by atoms with van der Waals surface area (Å²) in [6, 6.07) is 3.31. The van der Waals surface area contributed by atoms with Gasteiger partial charge in [0.15, 0.2) is 0 Å². The van der Waals surface area contributed by atoms with Crippen LogP contribution in [0.3, 0.4) is 0 Å². The van der Waals surface area contributed by atoms with E-state index in [0.29, 0.717) is 12.1 Å². The standard InChI is InChI=1S/C16H19N3/c1-11-15(6-3-8-17-11)19-9-7-12-10-18-14-5-2-4-13(14)16(12)19/h2,4,7,9-11,15,17H,3,5-6,8H2,1H3/t11-,15-/m1/s1. The lowest BCUT2D eigenvalue weighted by Gasteiger charge is -2.32. The quantitative estimate of drug-likeness (QED) is 0.847. The van der Waals surface area contributed by atoms with E-state index in [9.17, 15) is 0 Å². The zero-order valence-electron chi connectivity index (χ0n) is 11.3. The van der Waals surface area contributed by atoms with Gasteiger partial charge in [-0.1, -0.05) is 12.2 Å². The van der Waals surface area contributed by atoms with Crippen LogP contribution in [0.25, 0.3) is 17.0 Å². The summed E-state index contributed by atoms with van der Waals surface area (Å²) in [6.45, 7) is 3.45. The van der Waals surface area contributed by atoms with Gasteiger partial charge in [0.1, 0.15) is 0 Å². The number of hydrogen-bond acceptors (Lipinski definition) is 2. The molecule has 3 heteroatoms. The van der Waals surface area contributed by atoms with Crippen molar-refractivity contribution in [3.63, 3.8) is 0 Å². The molecule has 1 aliphatic carbocycles. The number of nitrogens with one attached hydrogen (secondary N) is 1. The topological polar surface area (TPSA) is 29.9 Å². The number of fused-ring (bicyclic) bond motifs is 3. The van der Waals surface area contributed by atoms with Gasteiger partial charge in [-0.15, -0.1) is 0 Å². The Hall–Kier alpha value is -1.61. The first-order valence-corrected chi connectivity index (χ1v) is 7.23. The van der Waals surface area contributed by atoms with Crippen LogP contribution in [0.1, 0.15) is 37.1 Å². The molecule has 98 valence electrons. The van der Waals surface area contributed by atoms with Gasteiger partial charge in [0.2, 0.25) is 0 Å². The first-order chi connectivity index (χ1) is 9.34. The molecule has 3 nitrogen and oxygen atoms in total. The van der Waals surface area contributed by atoms with Gasteiger partial charge < -0.3 is 9.88 Å². The monoisotopic (exact) mass is 253 g/mol. The smallest absolute Gasteiger partial charge is 0.0591 e. The second kappa shape index (κ2) is 4.20. The summed E-state index contributed by atoms with van der Waals surface area (Å²) < 4.78 is 2.47. The van der Waals surface area contributed by atoms with Crippen molar-refractivity contribution in [3.8, 4) is 0 Å². The highest BCUT2D eigenvalue weighted by Crippen LogP contribution is 2.32. The lowest BCUT2D eigenvalue weighted by molar-refractivity contribution is 0.301. The van der Waals surface area contributed by atoms with E-state index in [1.807, 2.05) is 6.20 Å². The van der Waals surface area contributed by atoms with Crippen LogP contribution >= 0.6 is 0 Å². The molecule has 0 saturated carbocycles. The minimum absolute atomic E-state index is 0.540. The average molecular weight is 253 g/mol. The number of rotatable bonds is 1. The molecule has 0 radical (unpaired) electrons. The predicted octanol–water partition coefficient (Wildman–Crippen LogP) is 2.92. The molecule has 4 rings (SSSR count). The Bertz CT molecular complexity index is 653. The van der Waals surface area contributed by atoms with Gasteiger partial charge in [0.05, 0.1) is 11.2 Å². The normalized spacial score (nSPS) is 25.9. The Morgan fingerprint density at radius 3 is 3.26 bits per heavy atom. The van der Waals surface area contributed by atoms with Crippen molar-refractivity contribution in [2.45, 2.75) is 38.3 Å². The van der Waals surface area contributed by atoms with E-state index in [0.717, 1.165) is 13.0 Å². The second-order valence-electron chi connectivity index (χ2n) is 5.70. The van der Waals surface area contributed by atoms with Crippen LogP contribution in [0, 0.1) is 0 Å². The summed E-state index contributed by atoms with van der Waals surface area (Å²) in [5.74, 6) is 0. The molecule has 1 saturated heterocycles. The van der Waals surface area contributed by atoms with Crippen LogP contribution < -0.4 is 5.32 Å². The van der Waals surface area contributed by atoms with Crippen molar-refractivity contribution in [2.75, 3.05) is 6.54 Å². The van der Waals surface area contributed by atoms with Crippen molar-refractivity contribution in [3.05, 3.63) is 35.8 Å². The molecule has 0 aromatic carbocycles. The maximum atomic E-state index is 4.57. The van der Waals surface area contributed by atoms with E-state index in [4.69, 9.17) is 0 Å². The minimum Gasteiger partial charge on any atom is -0.342 e. The Labute approximate surface area is 113 Å². The molecule has 1 fully saturated rings. The van der Waals surface area contributed by atoms with E-state index in [-0.39, 0.29) is 0 Å². The summed E-state index contributed by atoms with van der Waals surface area (Å²) >= 11 is 0. The average Bonchev–Trinajstić information content (AvgIpc) is 3.04. The Morgan fingerprint density at radius 2 is 2.37 bits per heavy atom. The maximum Gasteiger partial charge on any atom is 0.0591 e. The number of piperidine rings is 1. The van der Waals surface area contributed by atoms with Gasteiger partial charge in [-0.05, 0) is 32.4 Å². The molecule has 0 spiro atoms. The van der Waals surface area contributed by atoms with Gasteiger partial charge in [0, 0.05) is 41.8 Å². The molecule has 2 aromatic rings. The predicted molar refractivity (Wildman–Crippen MR) is 78.2 cm³/mol. The SMILES string of the molecule is C[C@H]1NCCC[C@H]1n1ccc2cnc3c(c21)C=CC3. The number of aromatic nitrogens is 2. The lowest BCUT2D eigenvalue weighted by Crippen LogP contribution is -2.40. The second-order valence-corrected chi connectivity index (χ2v) is 5.70. The fourth-order valence-corrected chi connectivity index (χ4v) is 3.53. The van der Waals surface area contributed by atoms with Crippen molar-refractivity contribution < 1.29 is 0 Å². The molecular formula is C16H19N3. The van der Waals surface area contributed by atoms with Gasteiger partial charge in [-0.25, -0.2) is 0 Å². The van der Waals surface area contributed by atoms with Crippen molar-refractivity contribution >= 4 is 17.0 Å². The summed E-state index contributed by atoms with van der Waals surface area (Å²) in [6.07, 6.45) is 12.2. The van der Waals surface area contributed by atoms with Crippen LogP contribution in [0.2, 0.25) is 0 Å². The van der Waals surface area contributed by atoms with Gasteiger partial charge in [-0.2, -0.15) is 0 Å². The number of pyridine rings is 1. The molecule has 0 amide bonds. The third-order valence-electron chi connectivity index (χ3n) is 4.54. The molecular weight excluding hydrogens is 234 g/mol. The molecule has 2 aliphatic rings. The van der Waals surface area contributed by atoms with E-state index >= 15 is 0 Å². The largest absolute Gasteiger partial charge is 0.342 e. The summed E-state index contributed by atoms with van der Waals surface area (Å²) in [7, 11) is 0. The van der Waals surface area contributed by atoms with Crippen molar-refractivity contribution in [2.24, 2.45) is 0 Å². The number of nitrogens with zero attached hydrogens (tertiary/aromatic N) is 2. The van der Waals surface area contributed by atoms with Crippen LogP contribution in [0.4, 0.5) is 0 Å². The fraction of sp³-hybridized carbons (Fsp3) is 0.438. The highest BCUT2D eigenvalue weighted by atomic mass is 15.1. The van der Waals surface area contributed by atoms with Gasteiger partial charge in [0.25, 0.3) is 0 Å². The minimum atomic E-state index is 0.540. The highest BCUT2D eigenvalue weighted by molar-refractivity contribution is 5.90. The third kappa shape index (κ3) is 1.65. The summed E-state index contributed by atoms with van der Waals surface area (Å²) in [5.41, 5.74) is 3.93. The first-order valence-electron chi connectivity index (χ1n) is 7.23. The molecule has 19 heavy (non-hydrogen) atoms. The van der Waals surface area contributed by atoms with Crippen LogP contribution in [0.5, 0.6) is 0 Å². The van der Waals surface area contributed by atoms with Crippen molar-refractivity contribution in [1.82, 2.24) is 14.9 Å². The molecule has 2 atom stereocenters. The van der Waals surface area contributed by atoms with E-state index in [1.165, 1.54) is 35.0 Å². The Kier molecular flexibility index (Phi) is 2.49. The Morgan fingerprint density at radius 1 is 1.42 bits per heavy atom. The lowest BCUT2D eigenvalue weighted by atomic mass is 9.99. The first kappa shape index (κ1) is 11.2. The van der Waals surface area contributed by atoms with E-state index < -0.39 is 0 Å². The van der Waals surface area contributed by atoms with Gasteiger partial charge >= 0.3 is 0 Å². The molecule has 1 N–H and O–H groups in total. The summed E-state index contributed by atoms with van der Waals surface area (Å²) in [5, 5.41) is 4.87. The zero-order valence-corrected chi connectivity index (χ0v) is 11.3. The highest BCUT2D eigenvalue weighted by Gasteiger charge is 2.25.